The zero-order chi connectivity index (χ0) is 16.8. The van der Waals surface area contributed by atoms with Gasteiger partial charge in [0.25, 0.3) is 0 Å². The van der Waals surface area contributed by atoms with Gasteiger partial charge in [-0.1, -0.05) is 18.2 Å². The van der Waals surface area contributed by atoms with Crippen LogP contribution in [0.15, 0.2) is 24.3 Å². The summed E-state index contributed by atoms with van der Waals surface area (Å²) in [5.74, 6) is 22.4. The second-order valence-corrected chi connectivity index (χ2v) is 13.9. The Kier molecular flexibility index (Phi) is 1.18. The van der Waals surface area contributed by atoms with Crippen LogP contribution in [0.5, 0.6) is 5.75 Å². The standard InChI is InChI=1S/C27H24O/c1-2-4-7-6(3-1)27-24-18-12-9-8-10-14(12)20(24)22-16(10)17-11(8)15-13(9)19(18)25(27)21(15)23(17)26(22,27)5-28-7/h1-4,8-25H,5H2/t8?,9?,10-,11-,12-,13+,14-,15+,16-,17+,18+,19+,20+,21+,22-,23-,24+,25+,26?,27?/m1/s1. The lowest BCUT2D eigenvalue weighted by molar-refractivity contribution is -0.0134. The Bertz CT molecular complexity index is 1090. The molecular formula is C27H24O. The van der Waals surface area contributed by atoms with Crippen LogP contribution >= 0.6 is 0 Å². The minimum atomic E-state index is 0.583. The smallest absolute Gasteiger partial charge is 0.123 e. The molecule has 1 heterocycles. The Morgan fingerprint density at radius 1 is 0.571 bits per heavy atom. The summed E-state index contributed by atoms with van der Waals surface area (Å²) < 4.78 is 6.79. The van der Waals surface area contributed by atoms with E-state index in [1.165, 1.54) is 76.8 Å². The molecule has 1 heteroatoms. The Morgan fingerprint density at radius 2 is 1.07 bits per heavy atom. The predicted octanol–water partition coefficient (Wildman–Crippen LogP) is 3.54. The largest absolute Gasteiger partial charge is 0.493 e. The van der Waals surface area contributed by atoms with Crippen molar-refractivity contribution < 1.29 is 4.74 Å². The van der Waals surface area contributed by atoms with Crippen LogP contribution in [0.3, 0.4) is 0 Å². The first kappa shape index (κ1) is 12.0. The van der Waals surface area contributed by atoms with E-state index in [9.17, 15) is 0 Å². The molecule has 12 saturated carbocycles. The van der Waals surface area contributed by atoms with Crippen molar-refractivity contribution in [2.45, 2.75) is 5.41 Å². The van der Waals surface area contributed by atoms with Gasteiger partial charge in [-0.25, -0.2) is 0 Å². The second-order valence-electron chi connectivity index (χ2n) is 13.9. The van der Waals surface area contributed by atoms with Crippen molar-refractivity contribution >= 4 is 0 Å². The minimum absolute atomic E-state index is 0.583. The second kappa shape index (κ2) is 2.75. The van der Waals surface area contributed by atoms with Gasteiger partial charge in [0.1, 0.15) is 5.75 Å². The maximum atomic E-state index is 6.79. The van der Waals surface area contributed by atoms with Gasteiger partial charge in [0.15, 0.2) is 0 Å². The molecule has 1 aromatic rings. The monoisotopic (exact) mass is 364 g/mol. The van der Waals surface area contributed by atoms with Crippen LogP contribution in [0, 0.1) is 112 Å². The van der Waals surface area contributed by atoms with E-state index in [4.69, 9.17) is 4.74 Å². The normalized spacial score (nSPS) is 87.0. The molecule has 0 radical (unpaired) electrons. The molecule has 4 unspecified atom stereocenters. The first-order valence-electron chi connectivity index (χ1n) is 12.7. The van der Waals surface area contributed by atoms with Crippen molar-refractivity contribution in [2.24, 2.45) is 112 Å². The number of fused-ring (bicyclic) bond motifs is 1. The molecule has 1 aliphatic heterocycles. The van der Waals surface area contributed by atoms with E-state index in [2.05, 4.69) is 24.3 Å². The van der Waals surface area contributed by atoms with Gasteiger partial charge >= 0.3 is 0 Å². The number of hydrogen-bond donors (Lipinski definition) is 0. The molecule has 28 heavy (non-hydrogen) atoms. The molecule has 13 aliphatic rings. The molecule has 1 aromatic carbocycles. The number of ether oxygens (including phenoxy) is 1. The van der Waals surface area contributed by atoms with Gasteiger partial charge in [-0.3, -0.25) is 0 Å². The molecule has 2 spiro atoms. The van der Waals surface area contributed by atoms with Crippen LogP contribution in [0.25, 0.3) is 0 Å². The summed E-state index contributed by atoms with van der Waals surface area (Å²) in [6, 6.07) is 9.55. The third-order valence-corrected chi connectivity index (χ3v) is 15.7. The van der Waals surface area contributed by atoms with Crippen LogP contribution in [0.1, 0.15) is 5.56 Å². The van der Waals surface area contributed by atoms with E-state index in [-0.39, 0.29) is 0 Å². The number of para-hydroxylation sites is 1. The summed E-state index contributed by atoms with van der Waals surface area (Å²) in [6.07, 6.45) is 0. The van der Waals surface area contributed by atoms with Gasteiger partial charge in [-0.05, 0) is 113 Å². The van der Waals surface area contributed by atoms with Crippen molar-refractivity contribution in [1.82, 2.24) is 0 Å². The fraction of sp³-hybridized carbons (Fsp3) is 0.778. The highest BCUT2D eigenvalue weighted by atomic mass is 16.5. The number of benzene rings is 1. The van der Waals surface area contributed by atoms with Crippen molar-refractivity contribution in [3.8, 4) is 5.75 Å². The number of rotatable bonds is 0. The third kappa shape index (κ3) is 0.601. The van der Waals surface area contributed by atoms with Gasteiger partial charge in [0.2, 0.25) is 0 Å². The SMILES string of the molecule is c1ccc2c(c1)OCC13[C@@H]4[C@@H]5[C@@H]6C7C8[C@@H]9[C@@H]6[C@@H]4[C@@H]4[C@@H]9[C@@H]6[C@@H]8[C@@H]8[C@@H]7[C@@H]5[C@@H]1[C@H]8[C@H]6C243. The summed E-state index contributed by atoms with van der Waals surface area (Å²) in [5, 5.41) is 0. The van der Waals surface area contributed by atoms with E-state index in [0.717, 1.165) is 42.1 Å². The van der Waals surface area contributed by atoms with Crippen LogP contribution in [0.4, 0.5) is 0 Å². The van der Waals surface area contributed by atoms with Gasteiger partial charge in [-0.15, -0.1) is 0 Å². The van der Waals surface area contributed by atoms with Crippen LogP contribution < -0.4 is 4.74 Å². The molecule has 0 aromatic heterocycles. The zero-order valence-corrected chi connectivity index (χ0v) is 15.8. The van der Waals surface area contributed by atoms with Crippen molar-refractivity contribution in [2.75, 3.05) is 6.61 Å². The van der Waals surface area contributed by atoms with Crippen LogP contribution in [-0.2, 0) is 5.41 Å². The Morgan fingerprint density at radius 3 is 1.71 bits per heavy atom. The molecule has 12 fully saturated rings. The van der Waals surface area contributed by atoms with E-state index < -0.39 is 0 Å². The highest BCUT2D eigenvalue weighted by Gasteiger charge is 3.05. The fourth-order valence-corrected chi connectivity index (χ4v) is 17.8. The summed E-state index contributed by atoms with van der Waals surface area (Å²) in [5.41, 5.74) is 2.94. The van der Waals surface area contributed by atoms with Crippen molar-refractivity contribution in [1.29, 1.82) is 0 Å². The molecular weight excluding hydrogens is 340 g/mol. The fourth-order valence-electron chi connectivity index (χ4n) is 17.8. The first-order chi connectivity index (χ1) is 13.9. The van der Waals surface area contributed by atoms with E-state index in [1.807, 2.05) is 0 Å². The summed E-state index contributed by atoms with van der Waals surface area (Å²) in [6.45, 7) is 1.13. The third-order valence-electron chi connectivity index (χ3n) is 15.7. The average Bonchev–Trinajstić information content (AvgIpc) is 3.44. The highest BCUT2D eigenvalue weighted by molar-refractivity contribution is 5.60. The van der Waals surface area contributed by atoms with E-state index in [1.54, 1.807) is 5.56 Å². The average molecular weight is 364 g/mol. The maximum Gasteiger partial charge on any atom is 0.123 e. The van der Waals surface area contributed by atoms with Crippen LogP contribution in [0.2, 0.25) is 0 Å². The minimum Gasteiger partial charge on any atom is -0.493 e. The topological polar surface area (TPSA) is 9.23 Å². The van der Waals surface area contributed by atoms with Gasteiger partial charge in [0, 0.05) is 16.4 Å². The first-order valence-corrected chi connectivity index (χ1v) is 12.7. The zero-order valence-electron chi connectivity index (χ0n) is 15.8. The van der Waals surface area contributed by atoms with Crippen molar-refractivity contribution in [3.63, 3.8) is 0 Å². The molecule has 138 valence electrons. The summed E-state index contributed by atoms with van der Waals surface area (Å²) >= 11 is 0. The molecule has 20 atom stereocenters. The Hall–Kier alpha value is -0.980. The quantitative estimate of drug-likeness (QED) is 0.684. The van der Waals surface area contributed by atoms with Gasteiger partial charge in [0.05, 0.1) is 6.61 Å². The lowest BCUT2D eigenvalue weighted by atomic mass is 9.54. The molecule has 12 aliphatic carbocycles. The summed E-state index contributed by atoms with van der Waals surface area (Å²) in [4.78, 5) is 0. The highest BCUT2D eigenvalue weighted by Crippen LogP contribution is 3.06. The lowest BCUT2D eigenvalue weighted by Crippen LogP contribution is -2.54. The molecule has 1 nitrogen and oxygen atoms in total. The van der Waals surface area contributed by atoms with E-state index in [0.29, 0.717) is 10.8 Å². The molecule has 0 amide bonds. The Labute approximate surface area is 164 Å². The molecule has 0 bridgehead atoms. The molecule has 0 saturated heterocycles. The van der Waals surface area contributed by atoms with Crippen molar-refractivity contribution in [3.05, 3.63) is 29.8 Å². The van der Waals surface area contributed by atoms with Gasteiger partial charge in [-0.2, -0.15) is 0 Å². The summed E-state index contributed by atoms with van der Waals surface area (Å²) in [7, 11) is 0. The van der Waals surface area contributed by atoms with Crippen LogP contribution in [-0.4, -0.2) is 6.61 Å². The number of hydrogen-bond acceptors (Lipinski definition) is 1. The molecule has 14 rings (SSSR count). The predicted molar refractivity (Wildman–Crippen MR) is 98.9 cm³/mol. The van der Waals surface area contributed by atoms with E-state index >= 15 is 0 Å². The van der Waals surface area contributed by atoms with Gasteiger partial charge < -0.3 is 4.74 Å². The Balaban J connectivity index is 1.33. The lowest BCUT2D eigenvalue weighted by Gasteiger charge is -2.52. The molecule has 0 N–H and O–H groups in total. The maximum absolute atomic E-state index is 6.79.